The summed E-state index contributed by atoms with van der Waals surface area (Å²) in [6.07, 6.45) is 0. The molecule has 0 amide bonds. The smallest absolute Gasteiger partial charge is 0.296 e. The van der Waals surface area contributed by atoms with Gasteiger partial charge in [0.15, 0.2) is 25.4 Å². The molecule has 0 radical (unpaired) electrons. The number of aromatic hydroxyl groups is 1. The second-order valence-electron chi connectivity index (χ2n) is 9.05. The lowest BCUT2D eigenvalue weighted by molar-refractivity contribution is 0.482. The van der Waals surface area contributed by atoms with Crippen molar-refractivity contribution < 1.29 is 34.9 Å². The normalized spacial score (nSPS) is 12.8. The van der Waals surface area contributed by atoms with Crippen LogP contribution < -0.4 is 5.32 Å². The Hall–Kier alpha value is -4.25. The first kappa shape index (κ1) is 31.7. The van der Waals surface area contributed by atoms with E-state index < -0.39 is 34.7 Å². The zero-order valence-corrected chi connectivity index (χ0v) is 25.6. The van der Waals surface area contributed by atoms with Crippen molar-refractivity contribution >= 4 is 69.0 Å². The average molecular weight is 646 g/mol. The van der Waals surface area contributed by atoms with Crippen LogP contribution in [-0.2, 0) is 29.8 Å². The van der Waals surface area contributed by atoms with Crippen molar-refractivity contribution in [1.29, 1.82) is 0 Å². The molecule has 0 heterocycles. The molecule has 0 saturated carbocycles. The molecule has 226 valence electrons. The number of benzene rings is 4. The molecule has 0 bridgehead atoms. The van der Waals surface area contributed by atoms with Gasteiger partial charge >= 0.3 is 0 Å². The van der Waals surface area contributed by atoms with Crippen LogP contribution in [0.2, 0.25) is 0 Å². The number of hydrogen-bond donors (Lipinski definition) is 3. The van der Waals surface area contributed by atoms with Gasteiger partial charge in [0.25, 0.3) is 10.1 Å². The number of rotatable bonds is 10. The topological polar surface area (TPSA) is 204 Å². The molecule has 0 aliphatic carbocycles. The van der Waals surface area contributed by atoms with Crippen LogP contribution in [0.15, 0.2) is 102 Å². The molecule has 4 rings (SSSR count). The molecule has 43 heavy (non-hydrogen) atoms. The number of hydrogen-bond acceptors (Lipinski definition) is 12. The summed E-state index contributed by atoms with van der Waals surface area (Å²) in [5, 5.41) is 31.0. The van der Waals surface area contributed by atoms with Crippen molar-refractivity contribution in [1.82, 2.24) is 0 Å². The van der Waals surface area contributed by atoms with Crippen molar-refractivity contribution in [3.8, 4) is 5.75 Å². The van der Waals surface area contributed by atoms with Crippen molar-refractivity contribution in [3.63, 3.8) is 0 Å². The summed E-state index contributed by atoms with van der Waals surface area (Å²) in [5.41, 5.74) is 0.842. The molecule has 16 heteroatoms. The van der Waals surface area contributed by atoms with Crippen molar-refractivity contribution in [2.75, 3.05) is 23.9 Å². The van der Waals surface area contributed by atoms with Gasteiger partial charge in [-0.15, -0.1) is 15.3 Å². The van der Waals surface area contributed by atoms with Gasteiger partial charge in [0, 0.05) is 17.8 Å². The van der Waals surface area contributed by atoms with Gasteiger partial charge in [-0.3, -0.25) is 4.55 Å². The van der Waals surface area contributed by atoms with Crippen LogP contribution in [0.3, 0.4) is 0 Å². The summed E-state index contributed by atoms with van der Waals surface area (Å²) < 4.78 is 82.4. The molecular formula is C27H27N5O8S3. The molecule has 0 aromatic heterocycles. The summed E-state index contributed by atoms with van der Waals surface area (Å²) >= 11 is 0. The molecule has 0 fully saturated rings. The molecular weight excluding hydrogens is 619 g/mol. The SMILES string of the molecule is CCS(=O)(=O)c1ccc(/N=N/c2ccc3c(/N=N/c4ccc(S(=O)(=O)CC)cc4S(=O)(=O)O)c(NC)ccc3c2O)cc1. The summed E-state index contributed by atoms with van der Waals surface area (Å²) in [6, 6.07) is 15.2. The van der Waals surface area contributed by atoms with Crippen molar-refractivity contribution in [2.24, 2.45) is 20.5 Å². The highest BCUT2D eigenvalue weighted by atomic mass is 32.2. The number of phenols is 1. The Balaban J connectivity index is 1.75. The predicted molar refractivity (Wildman–Crippen MR) is 162 cm³/mol. The Kier molecular flexibility index (Phi) is 8.96. The van der Waals surface area contributed by atoms with Crippen LogP contribution in [-0.4, -0.2) is 53.5 Å². The fraction of sp³-hybridized carbons (Fsp3) is 0.185. The quantitative estimate of drug-likeness (QED) is 0.131. The number of phenolic OH excluding ortho intramolecular Hbond substituents is 1. The van der Waals surface area contributed by atoms with E-state index in [9.17, 15) is 34.9 Å². The van der Waals surface area contributed by atoms with Crippen LogP contribution in [0.1, 0.15) is 13.8 Å². The van der Waals surface area contributed by atoms with Crippen molar-refractivity contribution in [2.45, 2.75) is 28.5 Å². The lowest BCUT2D eigenvalue weighted by atomic mass is 10.1. The monoisotopic (exact) mass is 645 g/mol. The fourth-order valence-electron chi connectivity index (χ4n) is 4.00. The van der Waals surface area contributed by atoms with Gasteiger partial charge < -0.3 is 10.4 Å². The van der Waals surface area contributed by atoms with Gasteiger partial charge in [-0.05, 0) is 66.7 Å². The molecule has 13 nitrogen and oxygen atoms in total. The number of anilines is 1. The third-order valence-electron chi connectivity index (χ3n) is 6.45. The number of nitrogens with zero attached hydrogens (tertiary/aromatic N) is 4. The first-order valence-corrected chi connectivity index (χ1v) is 17.4. The van der Waals surface area contributed by atoms with Crippen molar-refractivity contribution in [3.05, 3.63) is 66.7 Å². The van der Waals surface area contributed by atoms with Crippen LogP contribution in [0.25, 0.3) is 10.8 Å². The molecule has 0 aliphatic rings. The third kappa shape index (κ3) is 6.72. The summed E-state index contributed by atoms with van der Waals surface area (Å²) in [4.78, 5) is -0.866. The Morgan fingerprint density at radius 1 is 0.674 bits per heavy atom. The van der Waals surface area contributed by atoms with E-state index in [1.165, 1.54) is 43.3 Å². The molecule has 0 atom stereocenters. The summed E-state index contributed by atoms with van der Waals surface area (Å²) in [6.45, 7) is 2.95. The van der Waals surface area contributed by atoms with E-state index in [4.69, 9.17) is 0 Å². The molecule has 4 aromatic carbocycles. The maximum Gasteiger partial charge on any atom is 0.296 e. The van der Waals surface area contributed by atoms with E-state index in [2.05, 4.69) is 25.8 Å². The Morgan fingerprint density at radius 3 is 1.84 bits per heavy atom. The highest BCUT2D eigenvalue weighted by Gasteiger charge is 2.21. The van der Waals surface area contributed by atoms with Gasteiger partial charge in [0.05, 0.1) is 32.7 Å². The zero-order valence-electron chi connectivity index (χ0n) is 23.1. The van der Waals surface area contributed by atoms with Gasteiger partial charge in [0.2, 0.25) is 0 Å². The number of fused-ring (bicyclic) bond motifs is 1. The Morgan fingerprint density at radius 2 is 1.23 bits per heavy atom. The van der Waals surface area contributed by atoms with E-state index in [-0.39, 0.29) is 44.1 Å². The Labute approximate surface area is 248 Å². The van der Waals surface area contributed by atoms with E-state index in [1.807, 2.05) is 0 Å². The van der Waals surface area contributed by atoms with E-state index in [0.29, 0.717) is 22.1 Å². The molecule has 0 aliphatic heterocycles. The first-order valence-electron chi connectivity index (χ1n) is 12.7. The summed E-state index contributed by atoms with van der Waals surface area (Å²) in [5.74, 6) is -0.549. The van der Waals surface area contributed by atoms with Crippen LogP contribution in [0.4, 0.5) is 28.4 Å². The number of nitrogens with one attached hydrogen (secondary N) is 1. The fourth-order valence-corrected chi connectivity index (χ4v) is 6.51. The molecule has 4 aromatic rings. The van der Waals surface area contributed by atoms with E-state index in [1.54, 1.807) is 32.2 Å². The second-order valence-corrected chi connectivity index (χ2v) is 15.0. The van der Waals surface area contributed by atoms with Crippen LogP contribution >= 0.6 is 0 Å². The zero-order chi connectivity index (χ0) is 31.6. The lowest BCUT2D eigenvalue weighted by Gasteiger charge is -2.11. The van der Waals surface area contributed by atoms with Gasteiger partial charge in [-0.2, -0.15) is 13.5 Å². The molecule has 0 saturated heterocycles. The largest absolute Gasteiger partial charge is 0.505 e. The first-order chi connectivity index (χ1) is 20.2. The van der Waals surface area contributed by atoms with Crippen LogP contribution in [0, 0.1) is 0 Å². The number of sulfone groups is 2. The van der Waals surface area contributed by atoms with Gasteiger partial charge in [-0.1, -0.05) is 13.8 Å². The summed E-state index contributed by atoms with van der Waals surface area (Å²) in [7, 11) is -10.4. The van der Waals surface area contributed by atoms with Gasteiger partial charge in [0.1, 0.15) is 22.0 Å². The number of azo groups is 2. The van der Waals surface area contributed by atoms with Gasteiger partial charge in [-0.25, -0.2) is 16.8 Å². The molecule has 3 N–H and O–H groups in total. The average Bonchev–Trinajstić information content (AvgIpc) is 2.99. The highest BCUT2D eigenvalue weighted by molar-refractivity contribution is 7.91. The standard InChI is InChI=1S/C27H27N5O8S3/c1-4-41(34,35)18-8-6-17(7-9-18)29-31-24-15-11-20-21(27(24)33)12-14-23(28-3)26(20)32-30-22-13-10-19(42(36,37)5-2)16-25(22)43(38,39)40/h6-16,28,33H,4-5H2,1-3H3,(H,38,39,40)/b31-29+,32-30+. The minimum absolute atomic E-state index is 0.0348. The van der Waals surface area contributed by atoms with Crippen LogP contribution in [0.5, 0.6) is 5.75 Å². The second kappa shape index (κ2) is 12.2. The Bertz CT molecular complexity index is 2090. The molecule has 0 unspecified atom stereocenters. The minimum atomic E-state index is -4.87. The maximum atomic E-state index is 12.2. The lowest BCUT2D eigenvalue weighted by Crippen LogP contribution is -2.06. The third-order valence-corrected chi connectivity index (χ3v) is 10.8. The predicted octanol–water partition coefficient (Wildman–Crippen LogP) is 6.25. The maximum absolute atomic E-state index is 12.2. The van der Waals surface area contributed by atoms with E-state index in [0.717, 1.165) is 12.1 Å². The highest BCUT2D eigenvalue weighted by Crippen LogP contribution is 2.43. The van der Waals surface area contributed by atoms with E-state index >= 15 is 0 Å². The molecule has 0 spiro atoms. The minimum Gasteiger partial charge on any atom is -0.505 e.